The zero-order valence-corrected chi connectivity index (χ0v) is 15.0. The number of carbonyl (C=O) groups excluding carboxylic acids is 2. The van der Waals surface area contributed by atoms with Crippen LogP contribution >= 0.6 is 11.6 Å². The Morgan fingerprint density at radius 1 is 1.19 bits per heavy atom. The second kappa shape index (κ2) is 8.44. The first-order valence-corrected chi connectivity index (χ1v) is 8.07. The number of nitro groups is 1. The van der Waals surface area contributed by atoms with Gasteiger partial charge < -0.3 is 9.64 Å². The van der Waals surface area contributed by atoms with Gasteiger partial charge in [0, 0.05) is 30.2 Å². The quantitative estimate of drug-likeness (QED) is 0.438. The summed E-state index contributed by atoms with van der Waals surface area (Å²) in [5, 5.41) is 11.5. The number of likely N-dealkylation sites (N-methyl/N-ethyl adjacent to an activating group) is 1. The van der Waals surface area contributed by atoms with Crippen molar-refractivity contribution in [2.75, 3.05) is 13.7 Å². The zero-order valence-electron chi connectivity index (χ0n) is 14.3. The molecule has 8 heteroatoms. The summed E-state index contributed by atoms with van der Waals surface area (Å²) in [6.07, 6.45) is 0. The van der Waals surface area contributed by atoms with Gasteiger partial charge in [-0.2, -0.15) is 0 Å². The molecule has 0 radical (unpaired) electrons. The van der Waals surface area contributed by atoms with Crippen LogP contribution in [-0.2, 0) is 16.1 Å². The number of benzene rings is 2. The zero-order chi connectivity index (χ0) is 19.3. The fourth-order valence-corrected chi connectivity index (χ4v) is 2.44. The van der Waals surface area contributed by atoms with Gasteiger partial charge in [-0.25, -0.2) is 4.79 Å². The molecule has 0 saturated carbocycles. The summed E-state index contributed by atoms with van der Waals surface area (Å²) < 4.78 is 5.01. The van der Waals surface area contributed by atoms with Crippen molar-refractivity contribution in [2.24, 2.45) is 0 Å². The molecule has 1 amide bonds. The number of hydrogen-bond acceptors (Lipinski definition) is 5. The Balaban J connectivity index is 1.96. The van der Waals surface area contributed by atoms with Crippen molar-refractivity contribution in [3.63, 3.8) is 0 Å². The summed E-state index contributed by atoms with van der Waals surface area (Å²) in [5.41, 5.74) is 0.966. The van der Waals surface area contributed by atoms with Crippen LogP contribution in [0.4, 0.5) is 5.69 Å². The molecule has 0 N–H and O–H groups in total. The number of esters is 1. The summed E-state index contributed by atoms with van der Waals surface area (Å²) >= 11 is 5.82. The molecule has 0 atom stereocenters. The van der Waals surface area contributed by atoms with Gasteiger partial charge in [0.25, 0.3) is 11.6 Å². The van der Waals surface area contributed by atoms with Crippen LogP contribution in [0.3, 0.4) is 0 Å². The van der Waals surface area contributed by atoms with Crippen molar-refractivity contribution < 1.29 is 19.2 Å². The maximum atomic E-state index is 12.1. The van der Waals surface area contributed by atoms with E-state index in [0.717, 1.165) is 5.56 Å². The molecule has 136 valence electrons. The van der Waals surface area contributed by atoms with Crippen molar-refractivity contribution in [2.45, 2.75) is 13.5 Å². The largest absolute Gasteiger partial charge is 0.452 e. The predicted octanol–water partition coefficient (Wildman–Crippen LogP) is 3.37. The lowest BCUT2D eigenvalue weighted by Gasteiger charge is -2.17. The van der Waals surface area contributed by atoms with Gasteiger partial charge in [0.05, 0.1) is 10.5 Å². The van der Waals surface area contributed by atoms with E-state index < -0.39 is 23.4 Å². The number of nitro benzene ring substituents is 1. The summed E-state index contributed by atoms with van der Waals surface area (Å²) in [6, 6.07) is 11.2. The van der Waals surface area contributed by atoms with Crippen molar-refractivity contribution in [1.82, 2.24) is 4.90 Å². The lowest BCUT2D eigenvalue weighted by molar-refractivity contribution is -0.385. The monoisotopic (exact) mass is 376 g/mol. The molecule has 0 bridgehead atoms. The first-order chi connectivity index (χ1) is 12.3. The molecule has 0 saturated heterocycles. The van der Waals surface area contributed by atoms with Gasteiger partial charge in [-0.3, -0.25) is 14.9 Å². The number of rotatable bonds is 6. The smallest absolute Gasteiger partial charge is 0.339 e. The highest BCUT2D eigenvalue weighted by atomic mass is 35.5. The van der Waals surface area contributed by atoms with Crippen LogP contribution in [0.25, 0.3) is 0 Å². The van der Waals surface area contributed by atoms with Gasteiger partial charge in [0.1, 0.15) is 0 Å². The molecule has 2 rings (SSSR count). The van der Waals surface area contributed by atoms with Gasteiger partial charge in [-0.1, -0.05) is 29.8 Å². The summed E-state index contributed by atoms with van der Waals surface area (Å²) in [7, 11) is 1.59. The number of amides is 1. The predicted molar refractivity (Wildman–Crippen MR) is 96.0 cm³/mol. The molecule has 2 aromatic rings. The van der Waals surface area contributed by atoms with E-state index in [2.05, 4.69) is 0 Å². The molecule has 0 heterocycles. The minimum atomic E-state index is -0.778. The van der Waals surface area contributed by atoms with E-state index in [1.54, 1.807) is 31.3 Å². The standard InChI is InChI=1S/C18H17ClN2O5/c1-12-15(4-3-5-16(12)21(24)25)18(23)26-11-17(22)20(2)10-13-6-8-14(19)9-7-13/h3-9H,10-11H2,1-2H3. The normalized spacial score (nSPS) is 10.3. The van der Waals surface area contributed by atoms with Gasteiger partial charge in [-0.05, 0) is 30.7 Å². The van der Waals surface area contributed by atoms with E-state index in [9.17, 15) is 19.7 Å². The molecule has 0 aromatic heterocycles. The van der Waals surface area contributed by atoms with E-state index in [0.29, 0.717) is 11.6 Å². The van der Waals surface area contributed by atoms with Crippen LogP contribution in [-0.4, -0.2) is 35.4 Å². The fraction of sp³-hybridized carbons (Fsp3) is 0.222. The average molecular weight is 377 g/mol. The van der Waals surface area contributed by atoms with E-state index in [1.165, 1.54) is 30.0 Å². The van der Waals surface area contributed by atoms with Crippen LogP contribution < -0.4 is 0 Å². The molecule has 0 unspecified atom stereocenters. The second-order valence-electron chi connectivity index (χ2n) is 5.66. The van der Waals surface area contributed by atoms with E-state index in [4.69, 9.17) is 16.3 Å². The van der Waals surface area contributed by atoms with Crippen LogP contribution in [0.1, 0.15) is 21.5 Å². The van der Waals surface area contributed by atoms with Crippen LogP contribution in [0.5, 0.6) is 0 Å². The molecule has 0 aliphatic heterocycles. The fourth-order valence-electron chi connectivity index (χ4n) is 2.31. The molecule has 0 aliphatic carbocycles. The Morgan fingerprint density at radius 2 is 1.85 bits per heavy atom. The van der Waals surface area contributed by atoms with Gasteiger partial charge in [0.2, 0.25) is 0 Å². The molecule has 2 aromatic carbocycles. The van der Waals surface area contributed by atoms with Crippen LogP contribution in [0.2, 0.25) is 5.02 Å². The molecule has 26 heavy (non-hydrogen) atoms. The number of nitrogens with zero attached hydrogens (tertiary/aromatic N) is 2. The first-order valence-electron chi connectivity index (χ1n) is 7.69. The maximum absolute atomic E-state index is 12.1. The van der Waals surface area contributed by atoms with Crippen molar-refractivity contribution in [1.29, 1.82) is 0 Å². The molecular formula is C18H17ClN2O5. The van der Waals surface area contributed by atoms with E-state index in [1.807, 2.05) is 0 Å². The maximum Gasteiger partial charge on any atom is 0.339 e. The third-order valence-electron chi connectivity index (χ3n) is 3.81. The molecular weight excluding hydrogens is 360 g/mol. The minimum absolute atomic E-state index is 0.0624. The first kappa shape index (κ1) is 19.4. The highest BCUT2D eigenvalue weighted by Gasteiger charge is 2.20. The highest BCUT2D eigenvalue weighted by molar-refractivity contribution is 6.30. The average Bonchev–Trinajstić information content (AvgIpc) is 2.61. The van der Waals surface area contributed by atoms with Gasteiger partial charge >= 0.3 is 5.97 Å². The third-order valence-corrected chi connectivity index (χ3v) is 4.06. The Labute approximate surface area is 155 Å². The van der Waals surface area contributed by atoms with Crippen molar-refractivity contribution >= 4 is 29.2 Å². The number of ether oxygens (including phenoxy) is 1. The Kier molecular flexibility index (Phi) is 6.30. The molecule has 0 spiro atoms. The molecule has 0 aliphatic rings. The Hall–Kier alpha value is -2.93. The highest BCUT2D eigenvalue weighted by Crippen LogP contribution is 2.21. The number of halogens is 1. The van der Waals surface area contributed by atoms with E-state index in [-0.39, 0.29) is 16.8 Å². The summed E-state index contributed by atoms with van der Waals surface area (Å²) in [5.74, 6) is -1.17. The third kappa shape index (κ3) is 4.80. The Morgan fingerprint density at radius 3 is 2.46 bits per heavy atom. The SMILES string of the molecule is Cc1c(C(=O)OCC(=O)N(C)Cc2ccc(Cl)cc2)cccc1[N+](=O)[O-]. The van der Waals surface area contributed by atoms with E-state index >= 15 is 0 Å². The second-order valence-corrected chi connectivity index (χ2v) is 6.10. The minimum Gasteiger partial charge on any atom is -0.452 e. The summed E-state index contributed by atoms with van der Waals surface area (Å²) in [6.45, 7) is 1.34. The lowest BCUT2D eigenvalue weighted by atomic mass is 10.1. The molecule has 7 nitrogen and oxygen atoms in total. The molecule has 0 fully saturated rings. The number of carbonyl (C=O) groups is 2. The van der Waals surface area contributed by atoms with Gasteiger partial charge in [-0.15, -0.1) is 0 Å². The van der Waals surface area contributed by atoms with Crippen molar-refractivity contribution in [3.8, 4) is 0 Å². The van der Waals surface area contributed by atoms with Crippen LogP contribution in [0, 0.1) is 17.0 Å². The van der Waals surface area contributed by atoms with Gasteiger partial charge in [0.15, 0.2) is 6.61 Å². The topological polar surface area (TPSA) is 89.8 Å². The Bertz CT molecular complexity index is 836. The van der Waals surface area contributed by atoms with Crippen LogP contribution in [0.15, 0.2) is 42.5 Å². The van der Waals surface area contributed by atoms with Crippen molar-refractivity contribution in [3.05, 3.63) is 74.3 Å². The number of hydrogen-bond donors (Lipinski definition) is 0. The lowest BCUT2D eigenvalue weighted by Crippen LogP contribution is -2.30. The summed E-state index contributed by atoms with van der Waals surface area (Å²) in [4.78, 5) is 36.0.